The van der Waals surface area contributed by atoms with Gasteiger partial charge in [-0.1, -0.05) is 29.8 Å². The van der Waals surface area contributed by atoms with Gasteiger partial charge in [-0.25, -0.2) is 0 Å². The van der Waals surface area contributed by atoms with Gasteiger partial charge in [-0.2, -0.15) is 0 Å². The highest BCUT2D eigenvalue weighted by Crippen LogP contribution is 2.19. The molecule has 0 aromatic heterocycles. The number of amides is 1. The summed E-state index contributed by atoms with van der Waals surface area (Å²) in [6.07, 6.45) is 0. The van der Waals surface area contributed by atoms with Crippen LogP contribution in [0.4, 0.5) is 5.69 Å². The first-order valence-corrected chi connectivity index (χ1v) is 6.92. The van der Waals surface area contributed by atoms with Crippen molar-refractivity contribution in [2.75, 3.05) is 11.2 Å². The van der Waals surface area contributed by atoms with E-state index in [2.05, 4.69) is 5.32 Å². The third kappa shape index (κ3) is 4.44. The van der Waals surface area contributed by atoms with Gasteiger partial charge in [0.1, 0.15) is 18.2 Å². The van der Waals surface area contributed by atoms with E-state index in [1.165, 1.54) is 0 Å². The number of alkyl halides is 1. The molecule has 0 aliphatic heterocycles. The molecular formula is C15H13Cl2NO2. The standard InChI is InChI=1S/C15H13Cl2NO2/c16-9-15(19)18-13-2-1-3-14(8-13)20-10-11-4-6-12(17)7-5-11/h1-8H,9-10H2,(H,18,19). The number of carbonyl (C=O) groups excluding carboxylic acids is 1. The Hall–Kier alpha value is -1.71. The predicted octanol–water partition coefficient (Wildman–Crippen LogP) is 4.10. The molecule has 0 bridgehead atoms. The summed E-state index contributed by atoms with van der Waals surface area (Å²) in [7, 11) is 0. The summed E-state index contributed by atoms with van der Waals surface area (Å²) in [5, 5.41) is 3.36. The molecular weight excluding hydrogens is 297 g/mol. The lowest BCUT2D eigenvalue weighted by molar-refractivity contribution is -0.113. The minimum Gasteiger partial charge on any atom is -0.489 e. The number of nitrogens with one attached hydrogen (secondary N) is 1. The first-order chi connectivity index (χ1) is 9.67. The molecule has 1 N–H and O–H groups in total. The van der Waals surface area contributed by atoms with Crippen LogP contribution in [0.3, 0.4) is 0 Å². The average Bonchev–Trinajstić information content (AvgIpc) is 2.47. The summed E-state index contributed by atoms with van der Waals surface area (Å²) in [6.45, 7) is 0.435. The molecule has 20 heavy (non-hydrogen) atoms. The van der Waals surface area contributed by atoms with Crippen molar-refractivity contribution in [2.45, 2.75) is 6.61 Å². The summed E-state index contributed by atoms with van der Waals surface area (Å²) in [5.74, 6) is 0.351. The second-order valence-electron chi connectivity index (χ2n) is 4.12. The fourth-order valence-electron chi connectivity index (χ4n) is 1.61. The summed E-state index contributed by atoms with van der Waals surface area (Å²) < 4.78 is 5.66. The van der Waals surface area contributed by atoms with Crippen LogP contribution in [-0.4, -0.2) is 11.8 Å². The van der Waals surface area contributed by atoms with Gasteiger partial charge in [0.2, 0.25) is 5.91 Å². The normalized spacial score (nSPS) is 10.1. The maximum atomic E-state index is 11.2. The smallest absolute Gasteiger partial charge is 0.239 e. The lowest BCUT2D eigenvalue weighted by Crippen LogP contribution is -2.12. The molecule has 0 aliphatic carbocycles. The van der Waals surface area contributed by atoms with E-state index < -0.39 is 0 Å². The van der Waals surface area contributed by atoms with E-state index in [0.717, 1.165) is 5.56 Å². The molecule has 2 aromatic carbocycles. The lowest BCUT2D eigenvalue weighted by atomic mass is 10.2. The number of carbonyl (C=O) groups is 1. The molecule has 104 valence electrons. The maximum Gasteiger partial charge on any atom is 0.239 e. The Labute approximate surface area is 127 Å². The predicted molar refractivity (Wildman–Crippen MR) is 81.6 cm³/mol. The van der Waals surface area contributed by atoms with E-state index in [9.17, 15) is 4.79 Å². The Morgan fingerprint density at radius 2 is 1.90 bits per heavy atom. The molecule has 0 saturated heterocycles. The molecule has 3 nitrogen and oxygen atoms in total. The van der Waals surface area contributed by atoms with Crippen LogP contribution in [0, 0.1) is 0 Å². The molecule has 0 spiro atoms. The third-order valence-corrected chi connectivity index (χ3v) is 3.05. The molecule has 0 unspecified atom stereocenters. The van der Waals surface area contributed by atoms with Crippen LogP contribution in [0.5, 0.6) is 5.75 Å². The van der Waals surface area contributed by atoms with Crippen molar-refractivity contribution in [3.05, 3.63) is 59.1 Å². The van der Waals surface area contributed by atoms with E-state index in [4.69, 9.17) is 27.9 Å². The van der Waals surface area contributed by atoms with Crippen molar-refractivity contribution < 1.29 is 9.53 Å². The average molecular weight is 310 g/mol. The van der Waals surface area contributed by atoms with E-state index in [1.54, 1.807) is 18.2 Å². The zero-order valence-corrected chi connectivity index (χ0v) is 12.1. The Morgan fingerprint density at radius 1 is 1.15 bits per heavy atom. The zero-order chi connectivity index (χ0) is 14.4. The van der Waals surface area contributed by atoms with Gasteiger partial charge in [-0.3, -0.25) is 4.79 Å². The van der Waals surface area contributed by atoms with Gasteiger partial charge in [-0.05, 0) is 29.8 Å². The van der Waals surface area contributed by atoms with Gasteiger partial charge in [-0.15, -0.1) is 11.6 Å². The van der Waals surface area contributed by atoms with Crippen molar-refractivity contribution in [2.24, 2.45) is 0 Å². The number of ether oxygens (including phenoxy) is 1. The molecule has 1 amide bonds. The minimum atomic E-state index is -0.249. The van der Waals surface area contributed by atoms with Crippen LogP contribution in [-0.2, 0) is 11.4 Å². The molecule has 0 fully saturated rings. The molecule has 0 atom stereocenters. The number of anilines is 1. The highest BCUT2D eigenvalue weighted by atomic mass is 35.5. The second-order valence-corrected chi connectivity index (χ2v) is 4.83. The van der Waals surface area contributed by atoms with Gasteiger partial charge >= 0.3 is 0 Å². The van der Waals surface area contributed by atoms with Crippen molar-refractivity contribution in [3.8, 4) is 5.75 Å². The lowest BCUT2D eigenvalue weighted by Gasteiger charge is -2.09. The molecule has 0 heterocycles. The van der Waals surface area contributed by atoms with E-state index in [-0.39, 0.29) is 11.8 Å². The van der Waals surface area contributed by atoms with Crippen LogP contribution >= 0.6 is 23.2 Å². The van der Waals surface area contributed by atoms with Crippen molar-refractivity contribution in [1.29, 1.82) is 0 Å². The van der Waals surface area contributed by atoms with Crippen molar-refractivity contribution in [3.63, 3.8) is 0 Å². The van der Waals surface area contributed by atoms with Crippen LogP contribution < -0.4 is 10.1 Å². The highest BCUT2D eigenvalue weighted by Gasteiger charge is 2.02. The zero-order valence-electron chi connectivity index (χ0n) is 10.6. The summed E-state index contributed by atoms with van der Waals surface area (Å²) in [4.78, 5) is 11.2. The number of hydrogen-bond acceptors (Lipinski definition) is 2. The molecule has 2 aromatic rings. The van der Waals surface area contributed by atoms with E-state index in [0.29, 0.717) is 23.1 Å². The number of halogens is 2. The second kappa shape index (κ2) is 7.17. The SMILES string of the molecule is O=C(CCl)Nc1cccc(OCc2ccc(Cl)cc2)c1. The van der Waals surface area contributed by atoms with E-state index >= 15 is 0 Å². The summed E-state index contributed by atoms with van der Waals surface area (Å²) >= 11 is 11.3. The molecule has 0 aliphatic rings. The van der Waals surface area contributed by atoms with Crippen molar-refractivity contribution in [1.82, 2.24) is 0 Å². The third-order valence-electron chi connectivity index (χ3n) is 2.56. The minimum absolute atomic E-state index is 0.0736. The fourth-order valence-corrected chi connectivity index (χ4v) is 1.80. The number of rotatable bonds is 5. The summed E-state index contributed by atoms with van der Waals surface area (Å²) in [6, 6.07) is 14.6. The Morgan fingerprint density at radius 3 is 2.60 bits per heavy atom. The van der Waals surface area contributed by atoms with Gasteiger partial charge in [0, 0.05) is 16.8 Å². The fraction of sp³-hybridized carbons (Fsp3) is 0.133. The number of hydrogen-bond donors (Lipinski definition) is 1. The van der Waals surface area contributed by atoms with Crippen LogP contribution in [0.15, 0.2) is 48.5 Å². The van der Waals surface area contributed by atoms with Crippen LogP contribution in [0.2, 0.25) is 5.02 Å². The summed E-state index contributed by atoms with van der Waals surface area (Å²) in [5.41, 5.74) is 1.67. The van der Waals surface area contributed by atoms with Gasteiger partial charge < -0.3 is 10.1 Å². The molecule has 2 rings (SSSR count). The van der Waals surface area contributed by atoms with Crippen LogP contribution in [0.25, 0.3) is 0 Å². The van der Waals surface area contributed by atoms with E-state index in [1.807, 2.05) is 30.3 Å². The number of benzene rings is 2. The Balaban J connectivity index is 1.97. The maximum absolute atomic E-state index is 11.2. The van der Waals surface area contributed by atoms with Gasteiger partial charge in [0.15, 0.2) is 0 Å². The largest absolute Gasteiger partial charge is 0.489 e. The topological polar surface area (TPSA) is 38.3 Å². The highest BCUT2D eigenvalue weighted by molar-refractivity contribution is 6.30. The van der Waals surface area contributed by atoms with Gasteiger partial charge in [0.05, 0.1) is 0 Å². The van der Waals surface area contributed by atoms with Crippen molar-refractivity contribution >= 4 is 34.8 Å². The Kier molecular flexibility index (Phi) is 5.27. The molecule has 0 radical (unpaired) electrons. The first kappa shape index (κ1) is 14.7. The quantitative estimate of drug-likeness (QED) is 0.845. The Bertz CT molecular complexity index is 585. The monoisotopic (exact) mass is 309 g/mol. The molecule has 0 saturated carbocycles. The molecule has 5 heteroatoms. The van der Waals surface area contributed by atoms with Crippen LogP contribution in [0.1, 0.15) is 5.56 Å². The van der Waals surface area contributed by atoms with Gasteiger partial charge in [0.25, 0.3) is 0 Å². The first-order valence-electron chi connectivity index (χ1n) is 6.00.